The second-order valence-electron chi connectivity index (χ2n) is 6.58. The fraction of sp³-hybridized carbons (Fsp3) is 0.316. The van der Waals surface area contributed by atoms with Gasteiger partial charge >= 0.3 is 6.18 Å². The molecule has 1 saturated heterocycles. The molecule has 1 N–H and O–H groups in total. The molecule has 0 bridgehead atoms. The highest BCUT2D eigenvalue weighted by Gasteiger charge is 2.32. The van der Waals surface area contributed by atoms with E-state index in [1.165, 1.54) is 31.2 Å². The van der Waals surface area contributed by atoms with Crippen LogP contribution in [-0.4, -0.2) is 23.9 Å². The Morgan fingerprint density at radius 2 is 1.86 bits per heavy atom. The van der Waals surface area contributed by atoms with Crippen LogP contribution in [0.25, 0.3) is 0 Å². The lowest BCUT2D eigenvalue weighted by atomic mass is 10.1. The van der Waals surface area contributed by atoms with E-state index in [0.717, 1.165) is 25.0 Å². The number of hydrogen-bond acceptors (Lipinski definition) is 4. The monoisotopic (exact) mass is 393 g/mol. The minimum absolute atomic E-state index is 0.0348. The zero-order valence-corrected chi connectivity index (χ0v) is 15.0. The molecule has 0 spiro atoms. The third kappa shape index (κ3) is 3.92. The number of nitro benzene ring substituents is 1. The summed E-state index contributed by atoms with van der Waals surface area (Å²) in [6.07, 6.45) is -2.72. The zero-order chi connectivity index (χ0) is 20.5. The van der Waals surface area contributed by atoms with Crippen molar-refractivity contribution < 1.29 is 22.9 Å². The molecule has 0 unspecified atom stereocenters. The third-order valence-corrected chi connectivity index (χ3v) is 4.77. The SMILES string of the molecule is Cc1c(C(=O)Nc2cc(C(F)(F)F)ccc2N2CCCC2)cccc1[N+](=O)[O-]. The van der Waals surface area contributed by atoms with Crippen molar-refractivity contribution in [2.75, 3.05) is 23.3 Å². The van der Waals surface area contributed by atoms with Crippen molar-refractivity contribution in [1.29, 1.82) is 0 Å². The Hall–Kier alpha value is -3.10. The zero-order valence-electron chi connectivity index (χ0n) is 15.0. The fourth-order valence-corrected chi connectivity index (χ4v) is 3.30. The summed E-state index contributed by atoms with van der Waals surface area (Å²) in [5.74, 6) is -0.694. The predicted octanol–water partition coefficient (Wildman–Crippen LogP) is 4.77. The van der Waals surface area contributed by atoms with Crippen LogP contribution in [0.5, 0.6) is 0 Å². The first-order valence-electron chi connectivity index (χ1n) is 8.70. The van der Waals surface area contributed by atoms with Crippen LogP contribution in [0.15, 0.2) is 36.4 Å². The molecule has 0 saturated carbocycles. The van der Waals surface area contributed by atoms with E-state index in [4.69, 9.17) is 0 Å². The van der Waals surface area contributed by atoms with Gasteiger partial charge in [0.15, 0.2) is 0 Å². The lowest BCUT2D eigenvalue weighted by Crippen LogP contribution is -2.22. The molecule has 1 heterocycles. The van der Waals surface area contributed by atoms with Gasteiger partial charge in [-0.1, -0.05) is 6.07 Å². The molecule has 1 fully saturated rings. The molecule has 2 aromatic rings. The number of anilines is 2. The van der Waals surface area contributed by atoms with Crippen molar-refractivity contribution >= 4 is 23.0 Å². The molecule has 2 aromatic carbocycles. The quantitative estimate of drug-likeness (QED) is 0.599. The maximum Gasteiger partial charge on any atom is 0.416 e. The van der Waals surface area contributed by atoms with Crippen molar-refractivity contribution in [3.8, 4) is 0 Å². The lowest BCUT2D eigenvalue weighted by molar-refractivity contribution is -0.385. The number of nitrogens with zero attached hydrogens (tertiary/aromatic N) is 2. The molecule has 3 rings (SSSR count). The molecule has 1 aliphatic rings. The maximum atomic E-state index is 13.1. The van der Waals surface area contributed by atoms with Gasteiger partial charge < -0.3 is 10.2 Å². The van der Waals surface area contributed by atoms with Gasteiger partial charge in [0.1, 0.15) is 0 Å². The highest BCUT2D eigenvalue weighted by molar-refractivity contribution is 6.07. The minimum atomic E-state index is -4.55. The van der Waals surface area contributed by atoms with Gasteiger partial charge in [-0.05, 0) is 44.0 Å². The molecule has 0 radical (unpaired) electrons. The lowest BCUT2D eigenvalue weighted by Gasteiger charge is -2.23. The minimum Gasteiger partial charge on any atom is -0.370 e. The Bertz CT molecular complexity index is 922. The molecule has 1 aliphatic heterocycles. The molecule has 6 nitrogen and oxygen atoms in total. The summed E-state index contributed by atoms with van der Waals surface area (Å²) in [6, 6.07) is 7.28. The number of nitro groups is 1. The normalized spacial score (nSPS) is 14.2. The average molecular weight is 393 g/mol. The van der Waals surface area contributed by atoms with E-state index in [9.17, 15) is 28.1 Å². The summed E-state index contributed by atoms with van der Waals surface area (Å²) >= 11 is 0. The Morgan fingerprint density at radius 1 is 1.18 bits per heavy atom. The number of carbonyl (C=O) groups is 1. The van der Waals surface area contributed by atoms with Crippen LogP contribution >= 0.6 is 0 Å². The van der Waals surface area contributed by atoms with Crippen LogP contribution in [0, 0.1) is 17.0 Å². The molecule has 0 atom stereocenters. The molecule has 1 amide bonds. The molecule has 0 aliphatic carbocycles. The summed E-state index contributed by atoms with van der Waals surface area (Å²) in [5.41, 5.74) is -0.369. The van der Waals surface area contributed by atoms with Crippen LogP contribution in [0.2, 0.25) is 0 Å². The van der Waals surface area contributed by atoms with E-state index in [1.54, 1.807) is 0 Å². The Morgan fingerprint density at radius 3 is 2.46 bits per heavy atom. The molecular weight excluding hydrogens is 375 g/mol. The van der Waals surface area contributed by atoms with Crippen molar-refractivity contribution in [1.82, 2.24) is 0 Å². The summed E-state index contributed by atoms with van der Waals surface area (Å²) in [7, 11) is 0. The Balaban J connectivity index is 1.99. The van der Waals surface area contributed by atoms with Gasteiger partial charge in [-0.3, -0.25) is 14.9 Å². The number of hydrogen-bond donors (Lipinski definition) is 1. The largest absolute Gasteiger partial charge is 0.416 e. The van der Waals surface area contributed by atoms with E-state index < -0.39 is 22.6 Å². The van der Waals surface area contributed by atoms with Crippen molar-refractivity contribution in [3.63, 3.8) is 0 Å². The number of amides is 1. The van der Waals surface area contributed by atoms with Gasteiger partial charge in [0.2, 0.25) is 0 Å². The number of benzene rings is 2. The van der Waals surface area contributed by atoms with Gasteiger partial charge in [-0.15, -0.1) is 0 Å². The number of rotatable bonds is 4. The summed E-state index contributed by atoms with van der Waals surface area (Å²) in [4.78, 5) is 25.1. The highest BCUT2D eigenvalue weighted by Crippen LogP contribution is 2.37. The highest BCUT2D eigenvalue weighted by atomic mass is 19.4. The molecule has 0 aromatic heterocycles. The van der Waals surface area contributed by atoms with Crippen molar-refractivity contribution in [2.24, 2.45) is 0 Å². The summed E-state index contributed by atoms with van der Waals surface area (Å²) in [6.45, 7) is 2.80. The third-order valence-electron chi connectivity index (χ3n) is 4.77. The smallest absolute Gasteiger partial charge is 0.370 e. The standard InChI is InChI=1S/C19H18F3N3O3/c1-12-14(5-4-6-16(12)25(27)28)18(26)23-15-11-13(19(20,21)22)7-8-17(15)24-9-2-3-10-24/h4-8,11H,2-3,9-10H2,1H3,(H,23,26). The van der Waals surface area contributed by atoms with Crippen molar-refractivity contribution in [3.05, 3.63) is 63.2 Å². The number of carbonyl (C=O) groups excluding carboxylic acids is 1. The molecule has 28 heavy (non-hydrogen) atoms. The van der Waals surface area contributed by atoms with E-state index in [-0.39, 0.29) is 22.5 Å². The molecule has 148 valence electrons. The maximum absolute atomic E-state index is 13.1. The molecular formula is C19H18F3N3O3. The van der Waals surface area contributed by atoms with Crippen LogP contribution < -0.4 is 10.2 Å². The number of nitrogens with one attached hydrogen (secondary N) is 1. The second-order valence-corrected chi connectivity index (χ2v) is 6.58. The van der Waals surface area contributed by atoms with Crippen molar-refractivity contribution in [2.45, 2.75) is 25.9 Å². The van der Waals surface area contributed by atoms with Crippen LogP contribution in [0.4, 0.5) is 30.2 Å². The van der Waals surface area contributed by atoms with Gasteiger partial charge in [-0.2, -0.15) is 13.2 Å². The fourth-order valence-electron chi connectivity index (χ4n) is 3.30. The average Bonchev–Trinajstić information content (AvgIpc) is 3.15. The Kier molecular flexibility index (Phi) is 5.26. The van der Waals surface area contributed by atoms with Gasteiger partial charge in [-0.25, -0.2) is 0 Å². The summed E-state index contributed by atoms with van der Waals surface area (Å²) in [5, 5.41) is 13.6. The first kappa shape index (κ1) is 19.7. The topological polar surface area (TPSA) is 75.5 Å². The van der Waals surface area contributed by atoms with E-state index in [2.05, 4.69) is 5.32 Å². The summed E-state index contributed by atoms with van der Waals surface area (Å²) < 4.78 is 39.4. The Labute approximate surface area is 159 Å². The van der Waals surface area contributed by atoms with Crippen LogP contribution in [0.3, 0.4) is 0 Å². The molecule has 9 heteroatoms. The first-order valence-corrected chi connectivity index (χ1v) is 8.70. The predicted molar refractivity (Wildman–Crippen MR) is 98.7 cm³/mol. The number of alkyl halides is 3. The first-order chi connectivity index (χ1) is 13.2. The van der Waals surface area contributed by atoms with E-state index in [0.29, 0.717) is 18.8 Å². The van der Waals surface area contributed by atoms with Gasteiger partial charge in [0.25, 0.3) is 11.6 Å². The van der Waals surface area contributed by atoms with E-state index in [1.807, 2.05) is 4.90 Å². The van der Waals surface area contributed by atoms with Crippen LogP contribution in [-0.2, 0) is 6.18 Å². The number of halogens is 3. The van der Waals surface area contributed by atoms with Crippen LogP contribution in [0.1, 0.15) is 34.3 Å². The second kappa shape index (κ2) is 7.49. The van der Waals surface area contributed by atoms with Gasteiger partial charge in [0.05, 0.1) is 21.9 Å². The van der Waals surface area contributed by atoms with E-state index >= 15 is 0 Å². The van der Waals surface area contributed by atoms with Gasteiger partial charge in [0, 0.05) is 30.3 Å².